The molecule has 0 aromatic heterocycles. The molecule has 1 saturated heterocycles. The number of piperidine rings is 1. The van der Waals surface area contributed by atoms with Gasteiger partial charge in [0.15, 0.2) is 0 Å². The van der Waals surface area contributed by atoms with Gasteiger partial charge in [0, 0.05) is 19.0 Å². The lowest BCUT2D eigenvalue weighted by molar-refractivity contribution is -0.137. The van der Waals surface area contributed by atoms with E-state index in [-0.39, 0.29) is 31.8 Å². The van der Waals surface area contributed by atoms with E-state index in [1.165, 1.54) is 7.11 Å². The van der Waals surface area contributed by atoms with Crippen molar-refractivity contribution in [1.82, 2.24) is 4.31 Å². The van der Waals surface area contributed by atoms with Gasteiger partial charge < -0.3 is 10.1 Å². The van der Waals surface area contributed by atoms with E-state index < -0.39 is 37.6 Å². The van der Waals surface area contributed by atoms with E-state index in [0.717, 1.165) is 16.4 Å². The number of ether oxygens (including phenoxy) is 1. The van der Waals surface area contributed by atoms with Gasteiger partial charge in [0.25, 0.3) is 0 Å². The lowest BCUT2D eigenvalue weighted by atomic mass is 9.97. The minimum absolute atomic E-state index is 0.0102. The van der Waals surface area contributed by atoms with Crippen LogP contribution < -0.4 is 10.1 Å². The highest BCUT2D eigenvalue weighted by atomic mass is 35.5. The summed E-state index contributed by atoms with van der Waals surface area (Å²) in [4.78, 5) is 12.1. The van der Waals surface area contributed by atoms with E-state index in [2.05, 4.69) is 5.32 Å². The van der Waals surface area contributed by atoms with Crippen molar-refractivity contribution in [3.05, 3.63) is 53.1 Å². The number of hydrogen-bond donors (Lipinski definition) is 1. The van der Waals surface area contributed by atoms with Crippen molar-refractivity contribution in [2.45, 2.75) is 23.9 Å². The summed E-state index contributed by atoms with van der Waals surface area (Å²) in [6.45, 7) is 0.0205. The Balaban J connectivity index is 1.69. The topological polar surface area (TPSA) is 75.7 Å². The maximum atomic E-state index is 13.1. The molecule has 0 aliphatic carbocycles. The van der Waals surface area contributed by atoms with Crippen LogP contribution in [0, 0.1) is 5.92 Å². The molecule has 0 radical (unpaired) electrons. The van der Waals surface area contributed by atoms with Gasteiger partial charge in [0.1, 0.15) is 5.75 Å². The molecule has 1 fully saturated rings. The maximum absolute atomic E-state index is 13.1. The van der Waals surface area contributed by atoms with Crippen molar-refractivity contribution >= 4 is 33.2 Å². The summed E-state index contributed by atoms with van der Waals surface area (Å²) in [5.41, 5.74) is -0.702. The van der Waals surface area contributed by atoms with Gasteiger partial charge in [0.2, 0.25) is 15.9 Å². The molecular weight excluding hydrogens is 457 g/mol. The monoisotopic (exact) mass is 476 g/mol. The Morgan fingerprint density at radius 1 is 1.16 bits per heavy atom. The number of carbonyl (C=O) groups is 1. The zero-order valence-electron chi connectivity index (χ0n) is 16.4. The van der Waals surface area contributed by atoms with E-state index in [1.54, 1.807) is 24.3 Å². The first-order chi connectivity index (χ1) is 14.5. The van der Waals surface area contributed by atoms with Gasteiger partial charge in [-0.3, -0.25) is 4.79 Å². The summed E-state index contributed by atoms with van der Waals surface area (Å²) >= 11 is 5.58. The number of alkyl halides is 3. The first-order valence-corrected chi connectivity index (χ1v) is 11.2. The smallest absolute Gasteiger partial charge is 0.417 e. The third kappa shape index (κ3) is 5.13. The second kappa shape index (κ2) is 9.05. The Kier molecular flexibility index (Phi) is 6.82. The molecule has 1 aliphatic rings. The molecule has 1 amide bonds. The van der Waals surface area contributed by atoms with Crippen molar-refractivity contribution in [1.29, 1.82) is 0 Å². The highest BCUT2D eigenvalue weighted by Gasteiger charge is 2.37. The maximum Gasteiger partial charge on any atom is 0.417 e. The molecule has 31 heavy (non-hydrogen) atoms. The van der Waals surface area contributed by atoms with Crippen molar-refractivity contribution in [3.63, 3.8) is 0 Å². The van der Waals surface area contributed by atoms with Crippen LogP contribution in [-0.4, -0.2) is 38.8 Å². The van der Waals surface area contributed by atoms with Crippen LogP contribution in [0.4, 0.5) is 18.9 Å². The quantitative estimate of drug-likeness (QED) is 0.693. The Morgan fingerprint density at radius 2 is 1.81 bits per heavy atom. The minimum atomic E-state index is -4.77. The van der Waals surface area contributed by atoms with E-state index >= 15 is 0 Å². The number of anilines is 1. The molecule has 11 heteroatoms. The lowest BCUT2D eigenvalue weighted by Crippen LogP contribution is -2.41. The largest absolute Gasteiger partial charge is 0.495 e. The average molecular weight is 477 g/mol. The van der Waals surface area contributed by atoms with Gasteiger partial charge in [-0.15, -0.1) is 0 Å². The second-order valence-electron chi connectivity index (χ2n) is 7.01. The SMILES string of the molecule is COc1ccccc1NC(=O)C1CCN(S(=O)(=O)c2ccc(Cl)c(C(F)(F)F)c2)CC1. The zero-order valence-corrected chi connectivity index (χ0v) is 18.0. The molecule has 2 aromatic carbocycles. The molecule has 1 heterocycles. The van der Waals surface area contributed by atoms with Crippen LogP contribution >= 0.6 is 11.6 Å². The first kappa shape index (κ1) is 23.4. The number of nitrogens with one attached hydrogen (secondary N) is 1. The van der Waals surface area contributed by atoms with Crippen LogP contribution in [-0.2, 0) is 21.0 Å². The summed E-state index contributed by atoms with van der Waals surface area (Å²) in [5.74, 6) is -0.209. The van der Waals surface area contributed by atoms with Crippen LogP contribution in [0.3, 0.4) is 0 Å². The molecule has 6 nitrogen and oxygen atoms in total. The van der Waals surface area contributed by atoms with Gasteiger partial charge in [-0.1, -0.05) is 23.7 Å². The number of carbonyl (C=O) groups excluding carboxylic acids is 1. The van der Waals surface area contributed by atoms with E-state index in [0.29, 0.717) is 17.5 Å². The van der Waals surface area contributed by atoms with Crippen LogP contribution in [0.1, 0.15) is 18.4 Å². The summed E-state index contributed by atoms with van der Waals surface area (Å²) in [6, 6.07) is 9.41. The van der Waals surface area contributed by atoms with Gasteiger partial charge in [-0.05, 0) is 43.2 Å². The number of amides is 1. The molecule has 168 valence electrons. The number of benzene rings is 2. The number of sulfonamides is 1. The van der Waals surface area contributed by atoms with Gasteiger partial charge in [-0.2, -0.15) is 17.5 Å². The molecular formula is C20H20ClF3N2O4S. The highest BCUT2D eigenvalue weighted by Crippen LogP contribution is 2.37. The fourth-order valence-electron chi connectivity index (χ4n) is 3.37. The van der Waals surface area contributed by atoms with Crippen LogP contribution in [0.2, 0.25) is 5.02 Å². The zero-order chi connectivity index (χ0) is 22.8. The molecule has 0 saturated carbocycles. The molecule has 0 unspecified atom stereocenters. The number of methoxy groups -OCH3 is 1. The molecule has 0 spiro atoms. The fraction of sp³-hybridized carbons (Fsp3) is 0.350. The summed E-state index contributed by atoms with van der Waals surface area (Å²) in [7, 11) is -2.68. The van der Waals surface area contributed by atoms with Gasteiger partial charge in [0.05, 0.1) is 28.3 Å². The predicted molar refractivity (Wildman–Crippen MR) is 110 cm³/mol. The first-order valence-electron chi connectivity index (χ1n) is 9.35. The third-order valence-electron chi connectivity index (χ3n) is 5.07. The normalized spacial score (nSPS) is 16.2. The minimum Gasteiger partial charge on any atom is -0.495 e. The molecule has 0 bridgehead atoms. The van der Waals surface area contributed by atoms with Crippen molar-refractivity contribution in [3.8, 4) is 5.75 Å². The number of para-hydroxylation sites is 2. The van der Waals surface area contributed by atoms with Crippen LogP contribution in [0.15, 0.2) is 47.4 Å². The van der Waals surface area contributed by atoms with Crippen LogP contribution in [0.25, 0.3) is 0 Å². The average Bonchev–Trinajstić information content (AvgIpc) is 2.73. The number of hydrogen-bond acceptors (Lipinski definition) is 4. The molecule has 0 atom stereocenters. The van der Waals surface area contributed by atoms with Gasteiger partial charge in [-0.25, -0.2) is 8.42 Å². The molecule has 1 N–H and O–H groups in total. The number of nitrogens with zero attached hydrogens (tertiary/aromatic N) is 1. The Labute approximate surface area is 183 Å². The molecule has 2 aromatic rings. The Bertz CT molecular complexity index is 1070. The predicted octanol–water partition coefficient (Wildman–Crippen LogP) is 4.41. The second-order valence-corrected chi connectivity index (χ2v) is 9.35. The van der Waals surface area contributed by atoms with E-state index in [9.17, 15) is 26.4 Å². The standard InChI is InChI=1S/C20H20ClF3N2O4S/c1-30-18-5-3-2-4-17(18)25-19(27)13-8-10-26(11-9-13)31(28,29)14-6-7-16(21)15(12-14)20(22,23)24/h2-7,12-13H,8-11H2,1H3,(H,25,27). The molecule has 3 rings (SSSR count). The van der Waals surface area contributed by atoms with Crippen molar-refractivity contribution in [2.75, 3.05) is 25.5 Å². The molecule has 1 aliphatic heterocycles. The highest BCUT2D eigenvalue weighted by molar-refractivity contribution is 7.89. The summed E-state index contributed by atoms with van der Waals surface area (Å²) < 4.78 is 71.2. The van der Waals surface area contributed by atoms with E-state index in [4.69, 9.17) is 16.3 Å². The summed E-state index contributed by atoms with van der Waals surface area (Å²) in [6.07, 6.45) is -4.30. The Morgan fingerprint density at radius 3 is 2.42 bits per heavy atom. The van der Waals surface area contributed by atoms with Crippen molar-refractivity contribution < 1.29 is 31.1 Å². The lowest BCUT2D eigenvalue weighted by Gasteiger charge is -2.30. The third-order valence-corrected chi connectivity index (χ3v) is 7.29. The summed E-state index contributed by atoms with van der Waals surface area (Å²) in [5, 5.41) is 2.20. The number of rotatable bonds is 5. The van der Waals surface area contributed by atoms with Crippen molar-refractivity contribution in [2.24, 2.45) is 5.92 Å². The van der Waals surface area contributed by atoms with Gasteiger partial charge >= 0.3 is 6.18 Å². The van der Waals surface area contributed by atoms with Crippen LogP contribution in [0.5, 0.6) is 5.75 Å². The fourth-order valence-corrected chi connectivity index (χ4v) is 5.09. The Hall–Kier alpha value is -2.30. The number of halogens is 4. The van der Waals surface area contributed by atoms with E-state index in [1.807, 2.05) is 0 Å².